The van der Waals surface area contributed by atoms with Gasteiger partial charge in [0.05, 0.1) is 11.7 Å². The number of nitrogen functional groups attached to an aromatic ring is 1. The minimum atomic E-state index is -0.261. The van der Waals surface area contributed by atoms with Crippen LogP contribution in [0.25, 0.3) is 0 Å². The highest BCUT2D eigenvalue weighted by atomic mass is 35.5. The number of nitrogens with zero attached hydrogens (tertiary/aromatic N) is 2. The van der Waals surface area contributed by atoms with Crippen LogP contribution in [0.1, 0.15) is 24.2 Å². The van der Waals surface area contributed by atoms with E-state index in [1.54, 1.807) is 23.7 Å². The number of hydrogen-bond acceptors (Lipinski definition) is 2. The number of halogens is 2. The highest BCUT2D eigenvalue weighted by molar-refractivity contribution is 6.33. The van der Waals surface area contributed by atoms with E-state index < -0.39 is 0 Å². The van der Waals surface area contributed by atoms with E-state index in [0.717, 1.165) is 5.56 Å². The molecule has 0 amide bonds. The Balaban J connectivity index is 2.40. The molecule has 0 aliphatic heterocycles. The van der Waals surface area contributed by atoms with Crippen molar-refractivity contribution in [3.63, 3.8) is 0 Å². The topological polar surface area (TPSA) is 43.8 Å². The van der Waals surface area contributed by atoms with Crippen LogP contribution in [-0.2, 0) is 0 Å². The van der Waals surface area contributed by atoms with Gasteiger partial charge in [0.1, 0.15) is 16.7 Å². The molecule has 1 aromatic carbocycles. The molecule has 0 fully saturated rings. The smallest absolute Gasteiger partial charge is 0.141 e. The zero-order valence-corrected chi connectivity index (χ0v) is 10.4. The number of anilines is 1. The molecular formula is C12H13ClFN3. The quantitative estimate of drug-likeness (QED) is 0.893. The van der Waals surface area contributed by atoms with E-state index in [9.17, 15) is 4.39 Å². The fraction of sp³-hybridized carbons (Fsp3) is 0.250. The maximum absolute atomic E-state index is 12.8. The molecule has 0 saturated heterocycles. The molecule has 90 valence electrons. The molecule has 1 unspecified atom stereocenters. The van der Waals surface area contributed by atoms with Crippen molar-refractivity contribution < 1.29 is 4.39 Å². The lowest BCUT2D eigenvalue weighted by Gasteiger charge is -2.14. The van der Waals surface area contributed by atoms with Crippen molar-refractivity contribution in [1.29, 1.82) is 0 Å². The molecule has 2 rings (SSSR count). The first-order valence-corrected chi connectivity index (χ1v) is 5.64. The van der Waals surface area contributed by atoms with Crippen molar-refractivity contribution in [1.82, 2.24) is 9.78 Å². The van der Waals surface area contributed by atoms with Crippen LogP contribution in [0.4, 0.5) is 10.2 Å². The second-order valence-electron chi connectivity index (χ2n) is 3.96. The fourth-order valence-electron chi connectivity index (χ4n) is 1.72. The lowest BCUT2D eigenvalue weighted by molar-refractivity contribution is 0.565. The number of nitrogens with two attached hydrogens (primary N) is 1. The van der Waals surface area contributed by atoms with Crippen molar-refractivity contribution in [2.24, 2.45) is 0 Å². The summed E-state index contributed by atoms with van der Waals surface area (Å²) in [6, 6.07) is 6.18. The van der Waals surface area contributed by atoms with Crippen molar-refractivity contribution in [2.45, 2.75) is 19.9 Å². The van der Waals surface area contributed by atoms with Crippen molar-refractivity contribution in [3.8, 4) is 0 Å². The minimum absolute atomic E-state index is 0.0817. The first kappa shape index (κ1) is 11.9. The normalized spacial score (nSPS) is 12.7. The average molecular weight is 254 g/mol. The zero-order valence-electron chi connectivity index (χ0n) is 9.61. The first-order valence-electron chi connectivity index (χ1n) is 5.26. The molecular weight excluding hydrogens is 241 g/mol. The van der Waals surface area contributed by atoms with Gasteiger partial charge < -0.3 is 5.73 Å². The highest BCUT2D eigenvalue weighted by Gasteiger charge is 2.16. The van der Waals surface area contributed by atoms with Crippen LogP contribution in [0, 0.1) is 12.7 Å². The molecule has 1 aromatic heterocycles. The van der Waals surface area contributed by atoms with Crippen LogP contribution in [0.15, 0.2) is 24.3 Å². The van der Waals surface area contributed by atoms with E-state index in [-0.39, 0.29) is 11.9 Å². The van der Waals surface area contributed by atoms with Gasteiger partial charge in [-0.3, -0.25) is 0 Å². The Morgan fingerprint density at radius 1 is 1.35 bits per heavy atom. The van der Waals surface area contributed by atoms with E-state index in [4.69, 9.17) is 17.3 Å². The summed E-state index contributed by atoms with van der Waals surface area (Å²) in [5, 5.41) is 4.75. The Morgan fingerprint density at radius 2 is 1.94 bits per heavy atom. The summed E-state index contributed by atoms with van der Waals surface area (Å²) in [6.07, 6.45) is 0. The summed E-state index contributed by atoms with van der Waals surface area (Å²) < 4.78 is 14.5. The standard InChI is InChI=1S/C12H13ClFN3/c1-7-11(13)12(15)17(16-7)8(2)9-3-5-10(14)6-4-9/h3-6,8H,15H2,1-2H3. The van der Waals surface area contributed by atoms with Gasteiger partial charge in [0.25, 0.3) is 0 Å². The first-order chi connectivity index (χ1) is 8.00. The Kier molecular flexibility index (Phi) is 3.07. The molecule has 2 aromatic rings. The Labute approximate surface area is 104 Å². The van der Waals surface area contributed by atoms with Crippen LogP contribution in [0.5, 0.6) is 0 Å². The van der Waals surface area contributed by atoms with Crippen molar-refractivity contribution in [2.75, 3.05) is 5.73 Å². The van der Waals surface area contributed by atoms with Gasteiger partial charge in [-0.25, -0.2) is 9.07 Å². The van der Waals surface area contributed by atoms with Gasteiger partial charge in [0, 0.05) is 0 Å². The minimum Gasteiger partial charge on any atom is -0.383 e. The predicted molar refractivity (Wildman–Crippen MR) is 66.6 cm³/mol. The number of hydrogen-bond donors (Lipinski definition) is 1. The second-order valence-corrected chi connectivity index (χ2v) is 4.33. The maximum Gasteiger partial charge on any atom is 0.141 e. The molecule has 3 nitrogen and oxygen atoms in total. The van der Waals surface area contributed by atoms with E-state index in [0.29, 0.717) is 16.5 Å². The molecule has 2 N–H and O–H groups in total. The predicted octanol–water partition coefficient (Wildman–Crippen LogP) is 3.18. The van der Waals surface area contributed by atoms with Gasteiger partial charge >= 0.3 is 0 Å². The molecule has 0 bridgehead atoms. The van der Waals surface area contributed by atoms with Crippen LogP contribution >= 0.6 is 11.6 Å². The molecule has 0 aliphatic rings. The molecule has 1 heterocycles. The molecule has 0 spiro atoms. The third-order valence-corrected chi connectivity index (χ3v) is 3.23. The average Bonchev–Trinajstić information content (AvgIpc) is 2.57. The van der Waals surface area contributed by atoms with E-state index in [1.807, 2.05) is 6.92 Å². The highest BCUT2D eigenvalue weighted by Crippen LogP contribution is 2.28. The van der Waals surface area contributed by atoms with Crippen LogP contribution < -0.4 is 5.73 Å². The van der Waals surface area contributed by atoms with Crippen LogP contribution in [0.2, 0.25) is 5.02 Å². The number of rotatable bonds is 2. The van der Waals surface area contributed by atoms with Crippen molar-refractivity contribution >= 4 is 17.4 Å². The van der Waals surface area contributed by atoms with Crippen LogP contribution in [0.3, 0.4) is 0 Å². The molecule has 1 atom stereocenters. The molecule has 0 radical (unpaired) electrons. The number of aromatic nitrogens is 2. The number of benzene rings is 1. The SMILES string of the molecule is Cc1nn(C(C)c2ccc(F)cc2)c(N)c1Cl. The van der Waals surface area contributed by atoms with Gasteiger partial charge in [0.2, 0.25) is 0 Å². The summed E-state index contributed by atoms with van der Waals surface area (Å²) in [5.74, 6) is 0.171. The van der Waals surface area contributed by atoms with Gasteiger partial charge in [0.15, 0.2) is 0 Å². The zero-order chi connectivity index (χ0) is 12.6. The summed E-state index contributed by atoms with van der Waals surface area (Å²) in [6.45, 7) is 3.74. The molecule has 0 aliphatic carbocycles. The lowest BCUT2D eigenvalue weighted by Crippen LogP contribution is -2.11. The van der Waals surface area contributed by atoms with Crippen molar-refractivity contribution in [3.05, 3.63) is 46.4 Å². The van der Waals surface area contributed by atoms with Crippen LogP contribution in [-0.4, -0.2) is 9.78 Å². The maximum atomic E-state index is 12.8. The fourth-order valence-corrected chi connectivity index (χ4v) is 1.85. The molecule has 17 heavy (non-hydrogen) atoms. The van der Waals surface area contributed by atoms with E-state index in [1.165, 1.54) is 12.1 Å². The third-order valence-electron chi connectivity index (χ3n) is 2.77. The van der Waals surface area contributed by atoms with Gasteiger partial charge in [-0.2, -0.15) is 5.10 Å². The summed E-state index contributed by atoms with van der Waals surface area (Å²) in [5.41, 5.74) is 7.49. The van der Waals surface area contributed by atoms with E-state index in [2.05, 4.69) is 5.10 Å². The Bertz CT molecular complexity index is 533. The summed E-state index contributed by atoms with van der Waals surface area (Å²) >= 11 is 5.99. The van der Waals surface area contributed by atoms with Gasteiger partial charge in [-0.05, 0) is 31.5 Å². The second kappa shape index (κ2) is 4.37. The van der Waals surface area contributed by atoms with Gasteiger partial charge in [-0.1, -0.05) is 23.7 Å². The summed E-state index contributed by atoms with van der Waals surface area (Å²) in [7, 11) is 0. The molecule has 0 saturated carbocycles. The lowest BCUT2D eigenvalue weighted by atomic mass is 10.1. The Morgan fingerprint density at radius 3 is 2.41 bits per heavy atom. The molecule has 5 heteroatoms. The van der Waals surface area contributed by atoms with Gasteiger partial charge in [-0.15, -0.1) is 0 Å². The van der Waals surface area contributed by atoms with E-state index >= 15 is 0 Å². The Hall–Kier alpha value is -1.55. The monoisotopic (exact) mass is 253 g/mol. The summed E-state index contributed by atoms with van der Waals surface area (Å²) in [4.78, 5) is 0. The largest absolute Gasteiger partial charge is 0.383 e. The third kappa shape index (κ3) is 2.13. The number of aryl methyl sites for hydroxylation is 1.